The van der Waals surface area contributed by atoms with Crippen LogP contribution in [0.15, 0.2) is 53.5 Å². The fraction of sp³-hybridized carbons (Fsp3) is 0.458. The van der Waals surface area contributed by atoms with Crippen molar-refractivity contribution in [2.45, 2.75) is 38.6 Å². The van der Waals surface area contributed by atoms with Gasteiger partial charge in [-0.25, -0.2) is 0 Å². The third-order valence-corrected chi connectivity index (χ3v) is 5.73. The molecule has 5 nitrogen and oxygen atoms in total. The molecule has 0 saturated carbocycles. The minimum absolute atomic E-state index is 0.477. The molecule has 0 amide bonds. The Hall–Kier alpha value is -2.69. The lowest BCUT2D eigenvalue weighted by Gasteiger charge is -2.34. The van der Waals surface area contributed by atoms with Crippen molar-refractivity contribution in [2.75, 3.05) is 37.7 Å². The van der Waals surface area contributed by atoms with Gasteiger partial charge < -0.3 is 20.3 Å². The summed E-state index contributed by atoms with van der Waals surface area (Å²) in [7, 11) is 0. The molecule has 1 saturated heterocycles. The number of piperidine rings is 1. The molecule has 2 aromatic rings. The maximum Gasteiger partial charge on any atom is 0.191 e. The molecular formula is C24H32N4O. The summed E-state index contributed by atoms with van der Waals surface area (Å²) >= 11 is 0. The lowest BCUT2D eigenvalue weighted by atomic mass is 10.0. The Morgan fingerprint density at radius 1 is 1.14 bits per heavy atom. The van der Waals surface area contributed by atoms with Crippen LogP contribution in [0.25, 0.3) is 0 Å². The zero-order valence-corrected chi connectivity index (χ0v) is 17.4. The van der Waals surface area contributed by atoms with E-state index < -0.39 is 0 Å². The molecule has 4 rings (SSSR count). The Kier molecular flexibility index (Phi) is 6.55. The third-order valence-electron chi connectivity index (χ3n) is 5.73. The molecular weight excluding hydrogens is 360 g/mol. The van der Waals surface area contributed by atoms with Crippen molar-refractivity contribution in [3.63, 3.8) is 0 Å². The minimum Gasteiger partial charge on any atom is -0.493 e. The highest BCUT2D eigenvalue weighted by atomic mass is 16.5. The smallest absolute Gasteiger partial charge is 0.191 e. The molecule has 2 aliphatic rings. The number of rotatable bonds is 6. The van der Waals surface area contributed by atoms with Crippen LogP contribution in [0.4, 0.5) is 5.69 Å². The normalized spacial score (nSPS) is 17.0. The number of anilines is 1. The second kappa shape index (κ2) is 9.68. The van der Waals surface area contributed by atoms with Gasteiger partial charge >= 0.3 is 0 Å². The van der Waals surface area contributed by atoms with E-state index in [0.717, 1.165) is 70.2 Å². The van der Waals surface area contributed by atoms with E-state index in [-0.39, 0.29) is 0 Å². The number of benzene rings is 2. The molecule has 2 N–H and O–H groups in total. The number of nitrogens with zero attached hydrogens (tertiary/aromatic N) is 2. The van der Waals surface area contributed by atoms with E-state index in [9.17, 15) is 0 Å². The van der Waals surface area contributed by atoms with Gasteiger partial charge in [-0.3, -0.25) is 4.99 Å². The highest BCUT2D eigenvalue weighted by Gasteiger charge is 2.20. The average Bonchev–Trinajstić information content (AvgIpc) is 3.23. The van der Waals surface area contributed by atoms with Gasteiger partial charge in [-0.15, -0.1) is 0 Å². The van der Waals surface area contributed by atoms with Crippen LogP contribution in [-0.2, 0) is 12.8 Å². The molecule has 0 atom stereocenters. The van der Waals surface area contributed by atoms with E-state index in [1.807, 2.05) is 0 Å². The first kappa shape index (κ1) is 19.6. The molecule has 154 valence electrons. The van der Waals surface area contributed by atoms with Gasteiger partial charge in [-0.05, 0) is 55.5 Å². The van der Waals surface area contributed by atoms with Crippen LogP contribution in [0.1, 0.15) is 30.9 Å². The molecule has 0 aliphatic carbocycles. The Morgan fingerprint density at radius 2 is 1.97 bits per heavy atom. The van der Waals surface area contributed by atoms with Crippen molar-refractivity contribution >= 4 is 11.6 Å². The second-order valence-electron chi connectivity index (χ2n) is 7.79. The zero-order valence-electron chi connectivity index (χ0n) is 17.4. The summed E-state index contributed by atoms with van der Waals surface area (Å²) in [5.74, 6) is 1.99. The largest absolute Gasteiger partial charge is 0.493 e. The summed E-state index contributed by atoms with van der Waals surface area (Å²) < 4.78 is 5.60. The van der Waals surface area contributed by atoms with Crippen molar-refractivity contribution < 1.29 is 4.74 Å². The molecule has 0 aromatic heterocycles. The van der Waals surface area contributed by atoms with Gasteiger partial charge in [0.15, 0.2) is 5.96 Å². The van der Waals surface area contributed by atoms with Crippen LogP contribution in [0.5, 0.6) is 5.75 Å². The summed E-state index contributed by atoms with van der Waals surface area (Å²) in [5, 5.41) is 7.06. The lowest BCUT2D eigenvalue weighted by Crippen LogP contribution is -2.48. The lowest BCUT2D eigenvalue weighted by molar-refractivity contribution is 0.357. The Balaban J connectivity index is 1.27. The number of fused-ring (bicyclic) bond motifs is 1. The summed E-state index contributed by atoms with van der Waals surface area (Å²) in [6.07, 6.45) is 4.24. The number of hydrogen-bond donors (Lipinski definition) is 2. The summed E-state index contributed by atoms with van der Waals surface area (Å²) in [6, 6.07) is 17.7. The van der Waals surface area contributed by atoms with Gasteiger partial charge in [-0.2, -0.15) is 0 Å². The predicted molar refractivity (Wildman–Crippen MR) is 120 cm³/mol. The first-order valence-electron chi connectivity index (χ1n) is 10.9. The van der Waals surface area contributed by atoms with Crippen LogP contribution >= 0.6 is 0 Å². The molecule has 0 bridgehead atoms. The number of aliphatic imine (C=N–C) groups is 1. The molecule has 1 fully saturated rings. The van der Waals surface area contributed by atoms with Gasteiger partial charge in [-0.1, -0.05) is 30.3 Å². The van der Waals surface area contributed by atoms with Crippen molar-refractivity contribution in [1.82, 2.24) is 10.6 Å². The first-order valence-corrected chi connectivity index (χ1v) is 10.9. The van der Waals surface area contributed by atoms with E-state index in [0.29, 0.717) is 6.04 Å². The third kappa shape index (κ3) is 5.22. The van der Waals surface area contributed by atoms with Crippen LogP contribution in [-0.4, -0.2) is 44.8 Å². The molecule has 2 aliphatic heterocycles. The Bertz CT molecular complexity index is 813. The van der Waals surface area contributed by atoms with E-state index in [4.69, 9.17) is 9.73 Å². The number of hydrogen-bond acceptors (Lipinski definition) is 3. The standard InChI is InChI=1S/C24H32N4O/c1-2-25-24(26-14-10-19-8-9-23-20(18-19)13-17-29-23)27-21-11-15-28(16-12-21)22-6-4-3-5-7-22/h3-9,18,21H,2,10-17H2,1H3,(H2,25,26,27). The molecule has 0 radical (unpaired) electrons. The van der Waals surface area contributed by atoms with Crippen LogP contribution in [0.2, 0.25) is 0 Å². The monoisotopic (exact) mass is 392 g/mol. The number of ether oxygens (including phenoxy) is 1. The van der Waals surface area contributed by atoms with Crippen LogP contribution in [0.3, 0.4) is 0 Å². The van der Waals surface area contributed by atoms with Gasteiger partial charge in [0.25, 0.3) is 0 Å². The van der Waals surface area contributed by atoms with Gasteiger partial charge in [0, 0.05) is 44.3 Å². The van der Waals surface area contributed by atoms with E-state index in [1.54, 1.807) is 0 Å². The Morgan fingerprint density at radius 3 is 2.76 bits per heavy atom. The molecule has 2 aromatic carbocycles. The molecule has 2 heterocycles. The molecule has 5 heteroatoms. The topological polar surface area (TPSA) is 48.9 Å². The van der Waals surface area contributed by atoms with E-state index in [1.165, 1.54) is 16.8 Å². The average molecular weight is 393 g/mol. The number of nitrogens with one attached hydrogen (secondary N) is 2. The zero-order chi connectivity index (χ0) is 19.9. The quantitative estimate of drug-likeness (QED) is 0.584. The van der Waals surface area contributed by atoms with Crippen molar-refractivity contribution in [2.24, 2.45) is 4.99 Å². The fourth-order valence-electron chi connectivity index (χ4n) is 4.13. The molecule has 29 heavy (non-hydrogen) atoms. The highest BCUT2D eigenvalue weighted by molar-refractivity contribution is 5.80. The van der Waals surface area contributed by atoms with Gasteiger partial charge in [0.05, 0.1) is 6.61 Å². The van der Waals surface area contributed by atoms with Crippen molar-refractivity contribution in [3.8, 4) is 5.75 Å². The summed E-state index contributed by atoms with van der Waals surface area (Å²) in [4.78, 5) is 7.30. The fourth-order valence-corrected chi connectivity index (χ4v) is 4.13. The number of para-hydroxylation sites is 1. The van der Waals surface area contributed by atoms with E-state index in [2.05, 4.69) is 71.0 Å². The minimum atomic E-state index is 0.477. The van der Waals surface area contributed by atoms with Gasteiger partial charge in [0.1, 0.15) is 5.75 Å². The van der Waals surface area contributed by atoms with E-state index >= 15 is 0 Å². The van der Waals surface area contributed by atoms with Crippen LogP contribution in [0, 0.1) is 0 Å². The predicted octanol–water partition coefficient (Wildman–Crippen LogP) is 3.39. The van der Waals surface area contributed by atoms with Crippen molar-refractivity contribution in [3.05, 3.63) is 59.7 Å². The maximum atomic E-state index is 5.60. The highest BCUT2D eigenvalue weighted by Crippen LogP contribution is 2.26. The number of guanidine groups is 1. The van der Waals surface area contributed by atoms with Crippen molar-refractivity contribution in [1.29, 1.82) is 0 Å². The Labute approximate surface area is 174 Å². The molecule has 0 unspecified atom stereocenters. The first-order chi connectivity index (χ1) is 14.3. The second-order valence-corrected chi connectivity index (χ2v) is 7.79. The SMILES string of the molecule is CCNC(=NCCc1ccc2c(c1)CCO2)NC1CCN(c2ccccc2)CC1. The summed E-state index contributed by atoms with van der Waals surface area (Å²) in [6.45, 7) is 6.77. The summed E-state index contributed by atoms with van der Waals surface area (Å²) in [5.41, 5.74) is 4.00. The maximum absolute atomic E-state index is 5.60. The van der Waals surface area contributed by atoms with Gasteiger partial charge in [0.2, 0.25) is 0 Å². The van der Waals surface area contributed by atoms with Crippen LogP contribution < -0.4 is 20.3 Å². The molecule has 0 spiro atoms.